The molecule has 0 spiro atoms. The number of nitrogens with one attached hydrogen (secondary N) is 2. The lowest BCUT2D eigenvalue weighted by molar-refractivity contribution is 1.09. The quantitative estimate of drug-likeness (QED) is 0.598. The summed E-state index contributed by atoms with van der Waals surface area (Å²) >= 11 is 0. The Kier molecular flexibility index (Phi) is 1.04. The summed E-state index contributed by atoms with van der Waals surface area (Å²) in [4.78, 5) is 6.64. The number of hydrogen-bond donors (Lipinski definition) is 2. The van der Waals surface area contributed by atoms with E-state index in [2.05, 4.69) is 26.5 Å². The second-order valence-corrected chi connectivity index (χ2v) is 1.87. The Morgan fingerprint density at radius 1 is 1.50 bits per heavy atom. The second-order valence-electron chi connectivity index (χ2n) is 1.87. The third-order valence-corrected chi connectivity index (χ3v) is 1.23. The molecule has 0 atom stereocenters. The molecule has 0 unspecified atom stereocenters. The number of rotatable bonds is 1. The maximum Gasteiger partial charge on any atom is 0.174 e. The highest BCUT2D eigenvalue weighted by molar-refractivity contribution is 5.50. The van der Waals surface area contributed by atoms with Gasteiger partial charge in [-0.15, -0.1) is 0 Å². The van der Waals surface area contributed by atoms with Crippen molar-refractivity contribution in [3.05, 3.63) is 24.8 Å². The highest BCUT2D eigenvalue weighted by Gasteiger charge is 1.97. The summed E-state index contributed by atoms with van der Waals surface area (Å²) in [6.07, 6.45) is 6.04. The Morgan fingerprint density at radius 2 is 2.50 bits per heavy atom. The molecule has 0 saturated carbocycles. The SMILES string of the molecule is [c]1nc(-c2ccn[nH]2)c[nH]1. The van der Waals surface area contributed by atoms with Gasteiger partial charge >= 0.3 is 0 Å². The first-order chi connectivity index (χ1) is 4.97. The summed E-state index contributed by atoms with van der Waals surface area (Å²) in [5.41, 5.74) is 1.73. The van der Waals surface area contributed by atoms with Gasteiger partial charge in [-0.2, -0.15) is 5.10 Å². The van der Waals surface area contributed by atoms with Crippen LogP contribution in [0.5, 0.6) is 0 Å². The summed E-state index contributed by atoms with van der Waals surface area (Å²) in [5.74, 6) is 0. The molecular formula is C6H5N4. The van der Waals surface area contributed by atoms with Crippen molar-refractivity contribution in [3.63, 3.8) is 0 Å². The summed E-state index contributed by atoms with van der Waals surface area (Å²) in [6, 6.07) is 1.85. The monoisotopic (exact) mass is 133 g/mol. The van der Waals surface area contributed by atoms with Crippen LogP contribution in [-0.2, 0) is 0 Å². The van der Waals surface area contributed by atoms with Gasteiger partial charge in [-0.05, 0) is 6.07 Å². The molecule has 0 amide bonds. The Bertz CT molecular complexity index is 249. The molecule has 0 bridgehead atoms. The zero-order valence-electron chi connectivity index (χ0n) is 5.13. The molecular weight excluding hydrogens is 128 g/mol. The van der Waals surface area contributed by atoms with Crippen molar-refractivity contribution >= 4 is 0 Å². The number of nitrogens with zero attached hydrogens (tertiary/aromatic N) is 2. The van der Waals surface area contributed by atoms with Crippen LogP contribution >= 0.6 is 0 Å². The van der Waals surface area contributed by atoms with Gasteiger partial charge in [0.1, 0.15) is 5.69 Å². The topological polar surface area (TPSA) is 57.4 Å². The molecule has 49 valence electrons. The number of imidazole rings is 1. The Labute approximate surface area is 57.3 Å². The van der Waals surface area contributed by atoms with Crippen molar-refractivity contribution in [2.24, 2.45) is 0 Å². The van der Waals surface area contributed by atoms with Gasteiger partial charge in [0.25, 0.3) is 0 Å². The highest BCUT2D eigenvalue weighted by atomic mass is 15.1. The number of H-pyrrole nitrogens is 2. The van der Waals surface area contributed by atoms with Crippen LogP contribution in [0.2, 0.25) is 0 Å². The number of hydrogen-bond acceptors (Lipinski definition) is 2. The van der Waals surface area contributed by atoms with E-state index in [0.717, 1.165) is 11.4 Å². The van der Waals surface area contributed by atoms with E-state index in [4.69, 9.17) is 0 Å². The molecule has 0 aromatic carbocycles. The van der Waals surface area contributed by atoms with Gasteiger partial charge in [0.05, 0.1) is 5.69 Å². The van der Waals surface area contributed by atoms with Crippen molar-refractivity contribution in [2.45, 2.75) is 0 Å². The lowest BCUT2D eigenvalue weighted by atomic mass is 10.3. The van der Waals surface area contributed by atoms with E-state index in [1.807, 2.05) is 6.07 Å². The number of aromatic amines is 2. The van der Waals surface area contributed by atoms with Crippen LogP contribution in [0, 0.1) is 6.33 Å². The fraction of sp³-hybridized carbons (Fsp3) is 0. The second kappa shape index (κ2) is 1.98. The van der Waals surface area contributed by atoms with E-state index < -0.39 is 0 Å². The van der Waals surface area contributed by atoms with Gasteiger partial charge in [-0.25, -0.2) is 4.98 Å². The van der Waals surface area contributed by atoms with Crippen molar-refractivity contribution < 1.29 is 0 Å². The average molecular weight is 133 g/mol. The lowest BCUT2D eigenvalue weighted by Gasteiger charge is -1.83. The third-order valence-electron chi connectivity index (χ3n) is 1.23. The predicted molar refractivity (Wildman–Crippen MR) is 35.0 cm³/mol. The molecule has 1 radical (unpaired) electrons. The first kappa shape index (κ1) is 5.22. The maximum absolute atomic E-state index is 3.91. The van der Waals surface area contributed by atoms with Gasteiger partial charge in [0, 0.05) is 12.4 Å². The van der Waals surface area contributed by atoms with Crippen LogP contribution in [0.25, 0.3) is 11.4 Å². The summed E-state index contributed by atoms with van der Waals surface area (Å²) in [7, 11) is 0. The molecule has 2 N–H and O–H groups in total. The van der Waals surface area contributed by atoms with Crippen LogP contribution in [0.15, 0.2) is 18.5 Å². The van der Waals surface area contributed by atoms with Crippen LogP contribution < -0.4 is 0 Å². The molecule has 0 aliphatic rings. The predicted octanol–water partition coefficient (Wildman–Crippen LogP) is 0.600. The molecule has 0 saturated heterocycles. The standard InChI is InChI=1S/C6H5N4/c1-2-9-10-5(1)6-3-7-4-8-6/h1-3H,(H,7,8)(H,9,10). The van der Waals surface area contributed by atoms with E-state index in [1.165, 1.54) is 0 Å². The molecule has 4 heteroatoms. The van der Waals surface area contributed by atoms with Crippen molar-refractivity contribution in [1.29, 1.82) is 0 Å². The molecule has 2 rings (SSSR count). The van der Waals surface area contributed by atoms with Crippen LogP contribution in [0.1, 0.15) is 0 Å². The zero-order valence-corrected chi connectivity index (χ0v) is 5.13. The van der Waals surface area contributed by atoms with Crippen LogP contribution in [0.3, 0.4) is 0 Å². The Hall–Kier alpha value is -1.58. The maximum atomic E-state index is 3.91. The van der Waals surface area contributed by atoms with Crippen molar-refractivity contribution in [2.75, 3.05) is 0 Å². The molecule has 4 nitrogen and oxygen atoms in total. The van der Waals surface area contributed by atoms with Gasteiger partial charge in [-0.1, -0.05) is 0 Å². The first-order valence-corrected chi connectivity index (χ1v) is 2.88. The van der Waals surface area contributed by atoms with E-state index in [-0.39, 0.29) is 0 Å². The van der Waals surface area contributed by atoms with E-state index >= 15 is 0 Å². The minimum absolute atomic E-state index is 0.831. The summed E-state index contributed by atoms with van der Waals surface area (Å²) in [6.45, 7) is 0. The Balaban J connectivity index is 2.48. The Morgan fingerprint density at radius 3 is 3.10 bits per heavy atom. The van der Waals surface area contributed by atoms with E-state index in [1.54, 1.807) is 12.4 Å². The molecule has 10 heavy (non-hydrogen) atoms. The zero-order chi connectivity index (χ0) is 6.81. The molecule has 0 aliphatic heterocycles. The molecule has 2 aromatic heterocycles. The lowest BCUT2D eigenvalue weighted by Crippen LogP contribution is -1.75. The molecule has 0 aliphatic carbocycles. The normalized spacial score (nSPS) is 10.0. The first-order valence-electron chi connectivity index (χ1n) is 2.88. The summed E-state index contributed by atoms with van der Waals surface area (Å²) in [5, 5.41) is 6.57. The third kappa shape index (κ3) is 0.699. The summed E-state index contributed by atoms with van der Waals surface area (Å²) < 4.78 is 0. The average Bonchev–Trinajstić information content (AvgIpc) is 2.59. The van der Waals surface area contributed by atoms with Crippen LogP contribution in [0.4, 0.5) is 0 Å². The molecule has 0 fully saturated rings. The fourth-order valence-electron chi connectivity index (χ4n) is 0.762. The fourth-order valence-corrected chi connectivity index (χ4v) is 0.762. The van der Waals surface area contributed by atoms with Crippen molar-refractivity contribution in [1.82, 2.24) is 20.2 Å². The highest BCUT2D eigenvalue weighted by Crippen LogP contribution is 2.09. The molecule has 2 aromatic rings. The minimum atomic E-state index is 0.831. The van der Waals surface area contributed by atoms with Gasteiger partial charge < -0.3 is 4.98 Å². The largest absolute Gasteiger partial charge is 0.341 e. The van der Waals surface area contributed by atoms with Gasteiger partial charge in [-0.3, -0.25) is 5.10 Å². The van der Waals surface area contributed by atoms with Gasteiger partial charge in [0.2, 0.25) is 0 Å². The van der Waals surface area contributed by atoms with Gasteiger partial charge in [0.15, 0.2) is 6.33 Å². The number of aromatic nitrogens is 4. The minimum Gasteiger partial charge on any atom is -0.341 e. The smallest absolute Gasteiger partial charge is 0.174 e. The van der Waals surface area contributed by atoms with Crippen molar-refractivity contribution in [3.8, 4) is 11.4 Å². The van der Waals surface area contributed by atoms with Crippen LogP contribution in [-0.4, -0.2) is 20.2 Å². The van der Waals surface area contributed by atoms with E-state index in [9.17, 15) is 0 Å². The molecule has 2 heterocycles. The van der Waals surface area contributed by atoms with E-state index in [0.29, 0.717) is 0 Å².